The van der Waals surface area contributed by atoms with Gasteiger partial charge in [0.2, 0.25) is 5.91 Å². The van der Waals surface area contributed by atoms with Crippen molar-refractivity contribution in [1.29, 1.82) is 0 Å². The van der Waals surface area contributed by atoms with Gasteiger partial charge in [0.25, 0.3) is 0 Å². The molecule has 1 amide bonds. The average Bonchev–Trinajstić information content (AvgIpc) is 2.60. The maximum absolute atomic E-state index is 12.6. The van der Waals surface area contributed by atoms with Crippen LogP contribution >= 0.6 is 0 Å². The van der Waals surface area contributed by atoms with Crippen molar-refractivity contribution < 1.29 is 4.79 Å². The number of fused-ring (bicyclic) bond motifs is 1. The lowest BCUT2D eigenvalue weighted by molar-refractivity contribution is -0.140. The van der Waals surface area contributed by atoms with Gasteiger partial charge in [0.05, 0.1) is 5.69 Å². The molecule has 0 N–H and O–H groups in total. The number of carbonyl (C=O) groups is 1. The molecular formula is C20H28N4O. The largest absolute Gasteiger partial charge is 0.353 e. The average molecular weight is 340 g/mol. The summed E-state index contributed by atoms with van der Waals surface area (Å²) in [6.45, 7) is 9.69. The van der Waals surface area contributed by atoms with E-state index in [0.717, 1.165) is 48.2 Å². The van der Waals surface area contributed by atoms with Crippen LogP contribution in [0.1, 0.15) is 39.3 Å². The van der Waals surface area contributed by atoms with Crippen LogP contribution in [0.3, 0.4) is 0 Å². The van der Waals surface area contributed by atoms with Crippen molar-refractivity contribution in [3.63, 3.8) is 0 Å². The molecule has 0 saturated carbocycles. The highest BCUT2D eigenvalue weighted by atomic mass is 16.2. The predicted molar refractivity (Wildman–Crippen MR) is 102 cm³/mol. The Morgan fingerprint density at radius 3 is 2.56 bits per heavy atom. The molecule has 134 valence electrons. The van der Waals surface area contributed by atoms with Crippen LogP contribution in [0.2, 0.25) is 0 Å². The molecule has 2 heterocycles. The van der Waals surface area contributed by atoms with Crippen LogP contribution in [0, 0.1) is 12.3 Å². The highest BCUT2D eigenvalue weighted by Crippen LogP contribution is 2.29. The minimum atomic E-state index is -0.354. The number of nitrogens with zero attached hydrogens (tertiary/aromatic N) is 4. The molecule has 1 saturated heterocycles. The van der Waals surface area contributed by atoms with Crippen LogP contribution in [-0.4, -0.2) is 47.2 Å². The summed E-state index contributed by atoms with van der Waals surface area (Å²) in [4.78, 5) is 16.9. The Morgan fingerprint density at radius 1 is 1.20 bits per heavy atom. The SMILES string of the molecule is Cc1nnc(N2CCCC(N(C)C(=O)C(C)(C)C)C2)c2ccccc12. The minimum Gasteiger partial charge on any atom is -0.353 e. The smallest absolute Gasteiger partial charge is 0.227 e. The summed E-state index contributed by atoms with van der Waals surface area (Å²) in [7, 11) is 1.93. The molecule has 1 atom stereocenters. The van der Waals surface area contributed by atoms with Gasteiger partial charge in [-0.25, -0.2) is 0 Å². The van der Waals surface area contributed by atoms with E-state index in [1.807, 2.05) is 51.8 Å². The van der Waals surface area contributed by atoms with E-state index in [4.69, 9.17) is 0 Å². The van der Waals surface area contributed by atoms with Crippen LogP contribution in [0.5, 0.6) is 0 Å². The first-order valence-corrected chi connectivity index (χ1v) is 9.03. The van der Waals surface area contributed by atoms with E-state index < -0.39 is 0 Å². The van der Waals surface area contributed by atoms with Crippen LogP contribution in [-0.2, 0) is 4.79 Å². The Hall–Kier alpha value is -2.17. The molecule has 5 nitrogen and oxygen atoms in total. The number of piperidine rings is 1. The number of rotatable bonds is 2. The van der Waals surface area contributed by atoms with Crippen molar-refractivity contribution in [2.75, 3.05) is 25.0 Å². The third-order valence-corrected chi connectivity index (χ3v) is 5.06. The fourth-order valence-corrected chi connectivity index (χ4v) is 3.62. The Balaban J connectivity index is 1.88. The zero-order valence-electron chi connectivity index (χ0n) is 15.9. The molecule has 1 fully saturated rings. The highest BCUT2D eigenvalue weighted by molar-refractivity contribution is 5.93. The van der Waals surface area contributed by atoms with Gasteiger partial charge in [-0.05, 0) is 19.8 Å². The highest BCUT2D eigenvalue weighted by Gasteiger charge is 2.32. The van der Waals surface area contributed by atoms with E-state index in [0.29, 0.717) is 0 Å². The normalized spacial score (nSPS) is 18.4. The molecule has 3 rings (SSSR count). The summed E-state index contributed by atoms with van der Waals surface area (Å²) in [5, 5.41) is 11.1. The number of benzene rings is 1. The molecule has 1 aliphatic rings. The molecule has 1 aromatic heterocycles. The molecule has 1 aliphatic heterocycles. The molecular weight excluding hydrogens is 312 g/mol. The fraction of sp³-hybridized carbons (Fsp3) is 0.550. The molecule has 2 aromatic rings. The monoisotopic (exact) mass is 340 g/mol. The third kappa shape index (κ3) is 3.46. The lowest BCUT2D eigenvalue weighted by Crippen LogP contribution is -2.51. The minimum absolute atomic E-state index is 0.194. The first-order chi connectivity index (χ1) is 11.8. The van der Waals surface area contributed by atoms with Gasteiger partial charge in [-0.1, -0.05) is 45.0 Å². The van der Waals surface area contributed by atoms with Crippen molar-refractivity contribution in [2.24, 2.45) is 5.41 Å². The quantitative estimate of drug-likeness (QED) is 0.840. The van der Waals surface area contributed by atoms with Gasteiger partial charge in [-0.3, -0.25) is 4.79 Å². The number of amides is 1. The van der Waals surface area contributed by atoms with Gasteiger partial charge < -0.3 is 9.80 Å². The molecule has 25 heavy (non-hydrogen) atoms. The first-order valence-electron chi connectivity index (χ1n) is 9.03. The van der Waals surface area contributed by atoms with Crippen molar-refractivity contribution in [3.05, 3.63) is 30.0 Å². The van der Waals surface area contributed by atoms with Crippen LogP contribution in [0.4, 0.5) is 5.82 Å². The second kappa shape index (κ2) is 6.62. The number of likely N-dealkylation sites (N-methyl/N-ethyl adjacent to an activating group) is 1. The van der Waals surface area contributed by atoms with Gasteiger partial charge >= 0.3 is 0 Å². The van der Waals surface area contributed by atoms with E-state index in [2.05, 4.69) is 27.2 Å². The summed E-state index contributed by atoms with van der Waals surface area (Å²) in [5.74, 6) is 1.13. The lowest BCUT2D eigenvalue weighted by atomic mass is 9.93. The van der Waals surface area contributed by atoms with Crippen molar-refractivity contribution in [1.82, 2.24) is 15.1 Å². The maximum Gasteiger partial charge on any atom is 0.227 e. The zero-order valence-corrected chi connectivity index (χ0v) is 15.9. The van der Waals surface area contributed by atoms with Crippen molar-refractivity contribution in [3.8, 4) is 0 Å². The van der Waals surface area contributed by atoms with E-state index in [9.17, 15) is 4.79 Å². The summed E-state index contributed by atoms with van der Waals surface area (Å²) < 4.78 is 0. The Labute approximate surface area is 150 Å². The lowest BCUT2D eigenvalue weighted by Gasteiger charge is -2.40. The Bertz CT molecular complexity index is 781. The molecule has 1 unspecified atom stereocenters. The van der Waals surface area contributed by atoms with E-state index in [1.165, 1.54) is 0 Å². The number of carbonyl (C=O) groups excluding carboxylic acids is 1. The summed E-state index contributed by atoms with van der Waals surface area (Å²) in [6, 6.07) is 8.50. The third-order valence-electron chi connectivity index (χ3n) is 5.06. The number of aryl methyl sites for hydroxylation is 1. The maximum atomic E-state index is 12.6. The molecule has 0 spiro atoms. The van der Waals surface area contributed by atoms with Gasteiger partial charge in [0.15, 0.2) is 5.82 Å². The summed E-state index contributed by atoms with van der Waals surface area (Å²) >= 11 is 0. The van der Waals surface area contributed by atoms with Crippen molar-refractivity contribution >= 4 is 22.5 Å². The summed E-state index contributed by atoms with van der Waals surface area (Å²) in [5.41, 5.74) is 0.598. The zero-order chi connectivity index (χ0) is 18.2. The Morgan fingerprint density at radius 2 is 1.88 bits per heavy atom. The van der Waals surface area contributed by atoms with Crippen LogP contribution in [0.15, 0.2) is 24.3 Å². The van der Waals surface area contributed by atoms with Gasteiger partial charge in [-0.2, -0.15) is 5.10 Å². The topological polar surface area (TPSA) is 49.3 Å². The molecule has 1 aromatic carbocycles. The second-order valence-electron chi connectivity index (χ2n) is 8.06. The summed E-state index contributed by atoms with van der Waals surface area (Å²) in [6.07, 6.45) is 2.09. The molecule has 5 heteroatoms. The van der Waals surface area contributed by atoms with Crippen LogP contribution < -0.4 is 4.90 Å². The van der Waals surface area contributed by atoms with E-state index in [1.54, 1.807) is 0 Å². The molecule has 0 radical (unpaired) electrons. The predicted octanol–water partition coefficient (Wildman–Crippen LogP) is 3.41. The second-order valence-corrected chi connectivity index (χ2v) is 8.06. The number of aromatic nitrogens is 2. The number of anilines is 1. The molecule has 0 bridgehead atoms. The van der Waals surface area contributed by atoms with Gasteiger partial charge in [-0.15, -0.1) is 5.10 Å². The first kappa shape index (κ1) is 17.6. The van der Waals surface area contributed by atoms with Gasteiger partial charge in [0, 0.05) is 42.4 Å². The number of hydrogen-bond acceptors (Lipinski definition) is 4. The fourth-order valence-electron chi connectivity index (χ4n) is 3.62. The van der Waals surface area contributed by atoms with E-state index >= 15 is 0 Å². The van der Waals surface area contributed by atoms with Crippen LogP contribution in [0.25, 0.3) is 10.8 Å². The van der Waals surface area contributed by atoms with Gasteiger partial charge in [0.1, 0.15) is 0 Å². The van der Waals surface area contributed by atoms with Crippen molar-refractivity contribution in [2.45, 2.75) is 46.6 Å². The molecule has 0 aliphatic carbocycles. The number of hydrogen-bond donors (Lipinski definition) is 0. The standard InChI is InChI=1S/C20H28N4O/c1-14-16-10-6-7-11-17(16)18(22-21-14)24-12-8-9-15(13-24)23(5)19(25)20(2,3)4/h6-7,10-11,15H,8-9,12-13H2,1-5H3. The van der Waals surface area contributed by atoms with E-state index in [-0.39, 0.29) is 17.4 Å². The Kier molecular flexibility index (Phi) is 4.67.